The number of hydrogen-bond donors (Lipinski definition) is 0. The molecule has 0 saturated carbocycles. The van der Waals surface area contributed by atoms with Gasteiger partial charge in [0, 0.05) is 5.97 Å². The molecule has 0 aliphatic rings. The van der Waals surface area contributed by atoms with E-state index in [1.54, 1.807) is 0 Å². The summed E-state index contributed by atoms with van der Waals surface area (Å²) in [7, 11) is -0.0957. The zero-order valence-electron chi connectivity index (χ0n) is 10.5. The van der Waals surface area contributed by atoms with Gasteiger partial charge in [0.05, 0.1) is 16.6 Å². The lowest BCUT2D eigenvalue weighted by atomic mass is 10.5. The van der Waals surface area contributed by atoms with Gasteiger partial charge in [0.1, 0.15) is 0 Å². The summed E-state index contributed by atoms with van der Waals surface area (Å²) in [4.78, 5) is 8.89. The second kappa shape index (κ2) is 8.03. The Labute approximate surface area is 90.3 Å². The summed E-state index contributed by atoms with van der Waals surface area (Å²) in [5.74, 6) is -1.08. The lowest BCUT2D eigenvalue weighted by Crippen LogP contribution is -2.24. The molecule has 0 aliphatic carbocycles. The molecule has 0 aliphatic heterocycles. The van der Waals surface area contributed by atoms with Crippen LogP contribution in [0.3, 0.4) is 0 Å². The van der Waals surface area contributed by atoms with Gasteiger partial charge >= 0.3 is 8.80 Å². The number of rotatable bonds is 3. The predicted octanol–water partition coefficient (Wildman–Crippen LogP) is 2.47. The van der Waals surface area contributed by atoms with Gasteiger partial charge in [-0.2, -0.15) is 0 Å². The fourth-order valence-electron chi connectivity index (χ4n) is 2.00. The highest BCUT2D eigenvalue weighted by molar-refractivity contribution is 6.63. The number of carboxylic acids is 1. The molecule has 0 aromatic heterocycles. The molecule has 0 aromatic rings. The van der Waals surface area contributed by atoms with Crippen LogP contribution in [0.4, 0.5) is 0 Å². The van der Waals surface area contributed by atoms with Crippen LogP contribution in [0, 0.1) is 0 Å². The zero-order chi connectivity index (χ0) is 11.9. The van der Waals surface area contributed by atoms with E-state index in [-0.39, 0.29) is 8.80 Å². The summed E-state index contributed by atoms with van der Waals surface area (Å²) >= 11 is 0. The molecular weight excluding hydrogens is 192 g/mol. The molecule has 0 spiro atoms. The molecule has 2 nitrogen and oxygen atoms in total. The van der Waals surface area contributed by atoms with Crippen molar-refractivity contribution in [1.29, 1.82) is 0 Å². The molecule has 0 bridgehead atoms. The molecule has 0 rings (SSSR count). The molecule has 0 aromatic carbocycles. The van der Waals surface area contributed by atoms with E-state index in [0.29, 0.717) is 0 Å². The number of aliphatic carboxylic acids is 1. The van der Waals surface area contributed by atoms with E-state index in [9.17, 15) is 0 Å². The summed E-state index contributed by atoms with van der Waals surface area (Å²) in [6, 6.07) is 0. The molecule has 0 radical (unpaired) electrons. The topological polar surface area (TPSA) is 40.1 Å². The van der Waals surface area contributed by atoms with E-state index in [1.165, 1.54) is 0 Å². The van der Waals surface area contributed by atoms with Gasteiger partial charge in [0.15, 0.2) is 0 Å². The van der Waals surface area contributed by atoms with Crippen molar-refractivity contribution in [3.05, 3.63) is 0 Å². The maximum absolute atomic E-state index is 8.89. The predicted molar refractivity (Wildman–Crippen MR) is 61.7 cm³/mol. The molecule has 0 N–H and O–H groups in total. The summed E-state index contributed by atoms with van der Waals surface area (Å²) in [6.45, 7) is 15.2. The van der Waals surface area contributed by atoms with Crippen molar-refractivity contribution in [1.82, 2.24) is 0 Å². The van der Waals surface area contributed by atoms with E-state index < -0.39 is 5.97 Å². The fourth-order valence-corrected chi connectivity index (χ4v) is 6.00. The lowest BCUT2D eigenvalue weighted by Gasteiger charge is -2.12. The third-order valence-corrected chi connectivity index (χ3v) is 6.00. The van der Waals surface area contributed by atoms with Gasteiger partial charge in [-0.1, -0.05) is 0 Å². The molecule has 3 heteroatoms. The van der Waals surface area contributed by atoms with E-state index in [0.717, 1.165) is 23.5 Å². The van der Waals surface area contributed by atoms with Crippen molar-refractivity contribution >= 4 is 14.8 Å². The van der Waals surface area contributed by atoms with Gasteiger partial charge in [-0.25, -0.2) is 0 Å². The van der Waals surface area contributed by atoms with Gasteiger partial charge in [0.25, 0.3) is 0 Å². The Morgan fingerprint density at radius 1 is 0.929 bits per heavy atom. The van der Waals surface area contributed by atoms with Gasteiger partial charge in [-0.15, -0.1) is 0 Å². The molecular formula is C11H24O2Si. The molecule has 0 atom stereocenters. The van der Waals surface area contributed by atoms with Crippen molar-refractivity contribution in [3.8, 4) is 0 Å². The van der Waals surface area contributed by atoms with Crippen molar-refractivity contribution in [2.75, 3.05) is 0 Å². The Balaban J connectivity index is 0. The Bertz CT molecular complexity index is 130. The number of carbonyl (C=O) groups excluding carboxylic acids is 1. The first-order chi connectivity index (χ1) is 6.20. The van der Waals surface area contributed by atoms with E-state index in [2.05, 4.69) is 41.5 Å². The third kappa shape index (κ3) is 9.77. The van der Waals surface area contributed by atoms with Crippen LogP contribution < -0.4 is 5.11 Å². The van der Waals surface area contributed by atoms with Crippen molar-refractivity contribution in [3.63, 3.8) is 0 Å². The molecule has 0 amide bonds. The number of hydrogen-bond acceptors (Lipinski definition) is 2. The second-order valence-electron chi connectivity index (χ2n) is 4.46. The highest BCUT2D eigenvalue weighted by atomic mass is 28.3. The zero-order valence-corrected chi connectivity index (χ0v) is 11.5. The molecule has 0 heterocycles. The van der Waals surface area contributed by atoms with Crippen LogP contribution in [-0.4, -0.2) is 14.8 Å². The van der Waals surface area contributed by atoms with E-state index in [4.69, 9.17) is 9.90 Å². The standard InChI is InChI=1S/C9H21Si.C2H4O2/c1-7(2)10(8(3)4)9(5)6;1-2(3)4/h7-9H,1-6H3;1H3,(H,3,4)/q+1;/p-1. The second-order valence-corrected chi connectivity index (χ2v) is 8.92. The van der Waals surface area contributed by atoms with Crippen LogP contribution in [0.5, 0.6) is 0 Å². The largest absolute Gasteiger partial charge is 0.550 e. The molecule has 0 fully saturated rings. The lowest BCUT2D eigenvalue weighted by molar-refractivity contribution is -0.302. The molecule has 14 heavy (non-hydrogen) atoms. The number of carboxylic acid groups (broad SMARTS) is 1. The number of carbonyl (C=O) groups is 1. The molecule has 0 saturated heterocycles. The highest BCUT2D eigenvalue weighted by Crippen LogP contribution is 2.28. The summed E-state index contributed by atoms with van der Waals surface area (Å²) < 4.78 is 0. The summed E-state index contributed by atoms with van der Waals surface area (Å²) in [6.07, 6.45) is 0. The minimum Gasteiger partial charge on any atom is -0.550 e. The molecule has 84 valence electrons. The van der Waals surface area contributed by atoms with Crippen molar-refractivity contribution in [2.45, 2.75) is 65.1 Å². The highest BCUT2D eigenvalue weighted by Gasteiger charge is 2.37. The monoisotopic (exact) mass is 216 g/mol. The van der Waals surface area contributed by atoms with Crippen LogP contribution in [0.2, 0.25) is 16.6 Å². The van der Waals surface area contributed by atoms with E-state index >= 15 is 0 Å². The summed E-state index contributed by atoms with van der Waals surface area (Å²) in [5.41, 5.74) is 2.81. The van der Waals surface area contributed by atoms with Crippen LogP contribution in [0.1, 0.15) is 48.5 Å². The summed E-state index contributed by atoms with van der Waals surface area (Å²) in [5, 5.41) is 8.89. The maximum Gasteiger partial charge on any atom is 0.322 e. The van der Waals surface area contributed by atoms with Gasteiger partial charge in [-0.05, 0) is 48.5 Å². The average molecular weight is 216 g/mol. The Morgan fingerprint density at radius 2 is 1.07 bits per heavy atom. The van der Waals surface area contributed by atoms with Crippen LogP contribution in [0.15, 0.2) is 0 Å². The van der Waals surface area contributed by atoms with Crippen molar-refractivity contribution < 1.29 is 9.90 Å². The van der Waals surface area contributed by atoms with E-state index in [1.807, 2.05) is 0 Å². The third-order valence-electron chi connectivity index (χ3n) is 2.00. The SMILES string of the molecule is CC(=O)[O-].CC(C)[Si+](C(C)C)C(C)C. The normalized spacial score (nSPS) is 10.1. The van der Waals surface area contributed by atoms with Gasteiger partial charge in [0.2, 0.25) is 0 Å². The van der Waals surface area contributed by atoms with Gasteiger partial charge < -0.3 is 9.90 Å². The maximum atomic E-state index is 8.89. The van der Waals surface area contributed by atoms with Crippen molar-refractivity contribution in [2.24, 2.45) is 0 Å². The fraction of sp³-hybridized carbons (Fsp3) is 0.909. The quantitative estimate of drug-likeness (QED) is 0.680. The first kappa shape index (κ1) is 16.1. The first-order valence-corrected chi connectivity index (χ1v) is 6.97. The van der Waals surface area contributed by atoms with Gasteiger partial charge in [-0.3, -0.25) is 0 Å². The van der Waals surface area contributed by atoms with Crippen LogP contribution in [-0.2, 0) is 4.79 Å². The Hall–Kier alpha value is -0.313. The Morgan fingerprint density at radius 3 is 1.07 bits per heavy atom. The van der Waals surface area contributed by atoms with Crippen LogP contribution >= 0.6 is 0 Å². The Kier molecular flexibility index (Phi) is 9.26. The smallest absolute Gasteiger partial charge is 0.322 e. The minimum atomic E-state index is -1.08. The molecule has 0 unspecified atom stereocenters. The minimum absolute atomic E-state index is 0.0957. The first-order valence-electron chi connectivity index (χ1n) is 5.24. The average Bonchev–Trinajstić information content (AvgIpc) is 1.80. The van der Waals surface area contributed by atoms with Crippen LogP contribution in [0.25, 0.3) is 0 Å².